The molecule has 11 nitrogen and oxygen atoms in total. The van der Waals surface area contributed by atoms with Gasteiger partial charge >= 0.3 is 0 Å². The summed E-state index contributed by atoms with van der Waals surface area (Å²) < 4.78 is 16.1. The van der Waals surface area contributed by atoms with E-state index in [0.29, 0.717) is 25.2 Å². The van der Waals surface area contributed by atoms with E-state index in [0.717, 1.165) is 11.3 Å². The van der Waals surface area contributed by atoms with Crippen LogP contribution in [0, 0.1) is 11.3 Å². The Morgan fingerprint density at radius 1 is 1.14 bits per heavy atom. The quantitative estimate of drug-likeness (QED) is 0.210. The molecule has 3 aromatic rings. The molecule has 1 aromatic carbocycles. The highest BCUT2D eigenvalue weighted by Gasteiger charge is 2.37. The molecular weight excluding hydrogens is 480 g/mol. The van der Waals surface area contributed by atoms with E-state index in [4.69, 9.17) is 18.9 Å². The van der Waals surface area contributed by atoms with Crippen LogP contribution < -0.4 is 15.5 Å². The minimum absolute atomic E-state index is 0.162. The zero-order chi connectivity index (χ0) is 27.0. The molecule has 0 spiro atoms. The molecule has 0 fully saturated rings. The summed E-state index contributed by atoms with van der Waals surface area (Å²) in [4.78, 5) is 29.8. The number of nitrogens with one attached hydrogen (secondary N) is 2. The molecule has 0 aliphatic rings. The van der Waals surface area contributed by atoms with Gasteiger partial charge < -0.3 is 24.1 Å². The van der Waals surface area contributed by atoms with Crippen LogP contribution >= 0.6 is 0 Å². The first-order chi connectivity index (χ1) is 17.6. The van der Waals surface area contributed by atoms with E-state index in [2.05, 4.69) is 15.5 Å². The molecule has 3 atom stereocenters. The number of hydrogen-bond donors (Lipinski definition) is 4. The lowest BCUT2D eigenvalue weighted by Gasteiger charge is -2.31. The number of furan rings is 1. The summed E-state index contributed by atoms with van der Waals surface area (Å²) in [6.07, 6.45) is 1.04. The molecule has 0 saturated heterocycles. The number of nitrogens with zero attached hydrogens (tertiary/aromatic N) is 2. The van der Waals surface area contributed by atoms with E-state index < -0.39 is 35.3 Å². The molecule has 0 aliphatic carbocycles. The van der Waals surface area contributed by atoms with Crippen molar-refractivity contribution in [1.29, 1.82) is 0 Å². The highest BCUT2D eigenvalue weighted by atomic mass is 16.5. The number of amides is 2. The molecule has 0 aliphatic heterocycles. The molecule has 0 unspecified atom stereocenters. The molecule has 2 amide bonds. The Morgan fingerprint density at radius 2 is 1.86 bits per heavy atom. The molecule has 11 heteroatoms. The predicted molar refractivity (Wildman–Crippen MR) is 132 cm³/mol. The number of benzene rings is 1. The fraction of sp³-hybridized carbons (Fsp3) is 0.462. The number of hydroxylamine groups is 1. The maximum absolute atomic E-state index is 13.4. The maximum atomic E-state index is 13.4. The summed E-state index contributed by atoms with van der Waals surface area (Å²) in [7, 11) is 0. The van der Waals surface area contributed by atoms with Crippen LogP contribution in [0.25, 0.3) is 11.7 Å². The second kappa shape index (κ2) is 12.5. The molecule has 0 bridgehead atoms. The zero-order valence-corrected chi connectivity index (χ0v) is 21.4. The summed E-state index contributed by atoms with van der Waals surface area (Å²) in [6, 6.07) is 10.3. The normalized spacial score (nSPS) is 14.0. The van der Waals surface area contributed by atoms with Crippen molar-refractivity contribution in [3.8, 4) is 17.4 Å². The third kappa shape index (κ3) is 7.40. The van der Waals surface area contributed by atoms with Crippen molar-refractivity contribution in [2.45, 2.75) is 59.1 Å². The van der Waals surface area contributed by atoms with Gasteiger partial charge in [0.15, 0.2) is 11.6 Å². The van der Waals surface area contributed by atoms with Crippen LogP contribution in [0.4, 0.5) is 0 Å². The fourth-order valence-electron chi connectivity index (χ4n) is 3.90. The summed E-state index contributed by atoms with van der Waals surface area (Å²) in [5.74, 6) is -1.23. The van der Waals surface area contributed by atoms with Crippen LogP contribution in [-0.2, 0) is 16.0 Å². The highest BCUT2D eigenvalue weighted by molar-refractivity contribution is 5.88. The average Bonchev–Trinajstić information content (AvgIpc) is 3.57. The van der Waals surface area contributed by atoms with E-state index in [1.807, 2.05) is 52.0 Å². The molecule has 3 rings (SSSR count). The number of carbonyl (C=O) groups excluding carboxylic acids is 2. The van der Waals surface area contributed by atoms with Crippen LogP contribution in [0.5, 0.6) is 5.75 Å². The molecule has 2 heterocycles. The van der Waals surface area contributed by atoms with Gasteiger partial charge in [-0.2, -0.15) is 4.98 Å². The molecular formula is C26H34N4O7. The minimum atomic E-state index is -1.75. The zero-order valence-electron chi connectivity index (χ0n) is 21.4. The van der Waals surface area contributed by atoms with Gasteiger partial charge in [0.05, 0.1) is 24.8 Å². The number of hydrogen-bond acceptors (Lipinski definition) is 9. The largest absolute Gasteiger partial charge is 0.494 e. The van der Waals surface area contributed by atoms with Crippen molar-refractivity contribution >= 4 is 11.8 Å². The van der Waals surface area contributed by atoms with Gasteiger partial charge in [-0.15, -0.1) is 0 Å². The van der Waals surface area contributed by atoms with Gasteiger partial charge in [-0.1, -0.05) is 38.1 Å². The highest BCUT2D eigenvalue weighted by Crippen LogP contribution is 2.33. The summed E-state index contributed by atoms with van der Waals surface area (Å²) in [5.41, 5.74) is 1.90. The van der Waals surface area contributed by atoms with Gasteiger partial charge in [-0.3, -0.25) is 14.8 Å². The van der Waals surface area contributed by atoms with Crippen molar-refractivity contribution < 1.29 is 33.6 Å². The van der Waals surface area contributed by atoms with E-state index in [9.17, 15) is 14.7 Å². The summed E-state index contributed by atoms with van der Waals surface area (Å²) in [5, 5.41) is 26.5. The third-order valence-electron chi connectivity index (χ3n) is 5.90. The predicted octanol–water partition coefficient (Wildman–Crippen LogP) is 3.44. The van der Waals surface area contributed by atoms with Crippen molar-refractivity contribution in [3.05, 3.63) is 54.0 Å². The fourth-order valence-corrected chi connectivity index (χ4v) is 3.90. The second-order valence-corrected chi connectivity index (χ2v) is 9.74. The van der Waals surface area contributed by atoms with E-state index in [-0.39, 0.29) is 18.1 Å². The summed E-state index contributed by atoms with van der Waals surface area (Å²) >= 11 is 0. The average molecular weight is 515 g/mol. The summed E-state index contributed by atoms with van der Waals surface area (Å²) in [6.45, 7) is 8.15. The van der Waals surface area contributed by atoms with Crippen LogP contribution in [0.3, 0.4) is 0 Å². The second-order valence-electron chi connectivity index (χ2n) is 9.74. The number of aliphatic hydroxyl groups is 1. The Bertz CT molecular complexity index is 1140. The van der Waals surface area contributed by atoms with Crippen LogP contribution in [0.1, 0.15) is 58.0 Å². The Balaban J connectivity index is 1.74. The number of aliphatic hydroxyl groups excluding tert-OH is 1. The standard InChI is InChI=1S/C26H34N4O7/c1-5-35-17-13-11-16(12-14-17)8-6-9-18(20(31)24(33)29-34)23(32)27-21(26(2,3)4)22-28-25(37-30-22)19-10-7-15-36-19/h7,10-15,18,20-21,31,34H,5-6,8-9H2,1-4H3,(H,27,32)(H,29,33)/t18-,20+,21-/m1/s1. The monoisotopic (exact) mass is 514 g/mol. The van der Waals surface area contributed by atoms with Gasteiger partial charge in [0.1, 0.15) is 11.9 Å². The Labute approximate surface area is 215 Å². The van der Waals surface area contributed by atoms with E-state index >= 15 is 0 Å². The molecule has 2 aromatic heterocycles. The minimum Gasteiger partial charge on any atom is -0.494 e. The molecule has 200 valence electrons. The van der Waals surface area contributed by atoms with Crippen molar-refractivity contribution in [3.63, 3.8) is 0 Å². The van der Waals surface area contributed by atoms with E-state index in [1.54, 1.807) is 12.1 Å². The van der Waals surface area contributed by atoms with Crippen LogP contribution in [0.15, 0.2) is 51.6 Å². The number of carbonyl (C=O) groups is 2. The number of ether oxygens (including phenoxy) is 1. The van der Waals surface area contributed by atoms with E-state index in [1.165, 1.54) is 11.7 Å². The lowest BCUT2D eigenvalue weighted by atomic mass is 9.85. The molecule has 0 radical (unpaired) electrons. The SMILES string of the molecule is CCOc1ccc(CCC[C@@H](C(=O)N[C@H](c2noc(-c3ccco3)n2)C(C)(C)C)[C@H](O)C(=O)NO)cc1. The van der Waals surface area contributed by atoms with Crippen molar-refractivity contribution in [2.75, 3.05) is 6.61 Å². The Kier molecular flexibility index (Phi) is 9.42. The number of rotatable bonds is 12. The Morgan fingerprint density at radius 3 is 2.46 bits per heavy atom. The number of aryl methyl sites for hydroxylation is 1. The topological polar surface area (TPSA) is 160 Å². The first-order valence-corrected chi connectivity index (χ1v) is 12.2. The first-order valence-electron chi connectivity index (χ1n) is 12.2. The van der Waals surface area contributed by atoms with Crippen molar-refractivity contribution in [2.24, 2.45) is 11.3 Å². The first kappa shape index (κ1) is 27.9. The smallest absolute Gasteiger partial charge is 0.293 e. The van der Waals surface area contributed by atoms with Crippen molar-refractivity contribution in [1.82, 2.24) is 20.9 Å². The lowest BCUT2D eigenvalue weighted by molar-refractivity contribution is -0.146. The van der Waals surface area contributed by atoms with Gasteiger partial charge in [0.25, 0.3) is 11.8 Å². The van der Waals surface area contributed by atoms with Gasteiger partial charge in [0.2, 0.25) is 5.91 Å². The van der Waals surface area contributed by atoms with Crippen LogP contribution in [0.2, 0.25) is 0 Å². The van der Waals surface area contributed by atoms with Gasteiger partial charge in [-0.25, -0.2) is 5.48 Å². The Hall–Kier alpha value is -3.70. The number of aromatic nitrogens is 2. The molecule has 37 heavy (non-hydrogen) atoms. The lowest BCUT2D eigenvalue weighted by Crippen LogP contribution is -2.48. The molecule has 0 saturated carbocycles. The maximum Gasteiger partial charge on any atom is 0.293 e. The molecule has 4 N–H and O–H groups in total. The third-order valence-corrected chi connectivity index (χ3v) is 5.90. The van der Waals surface area contributed by atoms with Crippen LogP contribution in [-0.4, -0.2) is 45.0 Å². The van der Waals surface area contributed by atoms with Gasteiger partial charge in [-0.05, 0) is 61.4 Å². The van der Waals surface area contributed by atoms with Gasteiger partial charge in [0, 0.05) is 0 Å².